The van der Waals surface area contributed by atoms with Gasteiger partial charge in [-0.15, -0.1) is 0 Å². The minimum Gasteiger partial charge on any atom is -0.355 e. The zero-order chi connectivity index (χ0) is 9.97. The molecule has 2 N–H and O–H groups in total. The summed E-state index contributed by atoms with van der Waals surface area (Å²) in [4.78, 5) is 13.6. The number of nitrogens with zero attached hydrogens (tertiary/aromatic N) is 1. The molecule has 0 aromatic rings. The van der Waals surface area contributed by atoms with E-state index in [0.717, 1.165) is 25.6 Å². The fourth-order valence-corrected chi connectivity index (χ4v) is 1.58. The predicted octanol–water partition coefficient (Wildman–Crippen LogP) is -0.584. The summed E-state index contributed by atoms with van der Waals surface area (Å²) < 4.78 is 0. The van der Waals surface area contributed by atoms with E-state index in [4.69, 9.17) is 0 Å². The number of hydrogen-bond acceptors (Lipinski definition) is 3. The van der Waals surface area contributed by atoms with Crippen molar-refractivity contribution in [3.63, 3.8) is 0 Å². The summed E-state index contributed by atoms with van der Waals surface area (Å²) in [7, 11) is 2.02. The van der Waals surface area contributed by atoms with Crippen molar-refractivity contribution in [3.05, 3.63) is 0 Å². The fraction of sp³-hybridized carbons (Fsp3) is 0.900. The third-order valence-corrected chi connectivity index (χ3v) is 3.06. The van der Waals surface area contributed by atoms with E-state index in [-0.39, 0.29) is 5.91 Å². The lowest BCUT2D eigenvalue weighted by Gasteiger charge is -2.35. The largest absolute Gasteiger partial charge is 0.355 e. The summed E-state index contributed by atoms with van der Waals surface area (Å²) in [5, 5.41) is 6.18. The molecule has 1 aliphatic heterocycles. The van der Waals surface area contributed by atoms with Gasteiger partial charge in [-0.25, -0.2) is 0 Å². The Hall–Kier alpha value is -0.610. The van der Waals surface area contributed by atoms with Crippen LogP contribution in [0.1, 0.15) is 12.8 Å². The smallest absolute Gasteiger partial charge is 0.234 e. The van der Waals surface area contributed by atoms with Crippen LogP contribution in [0.25, 0.3) is 0 Å². The summed E-state index contributed by atoms with van der Waals surface area (Å²) in [6.07, 6.45) is 2.59. The second kappa shape index (κ2) is 4.28. The molecule has 4 heteroatoms. The number of rotatable bonds is 5. The Kier molecular flexibility index (Phi) is 3.03. The lowest BCUT2D eigenvalue weighted by Crippen LogP contribution is -2.57. The predicted molar refractivity (Wildman–Crippen MR) is 55.0 cm³/mol. The molecule has 0 aromatic carbocycles. The van der Waals surface area contributed by atoms with Crippen LogP contribution in [-0.2, 0) is 4.79 Å². The quantitative estimate of drug-likeness (QED) is 0.619. The van der Waals surface area contributed by atoms with Crippen molar-refractivity contribution >= 4 is 5.91 Å². The fourth-order valence-electron chi connectivity index (χ4n) is 1.58. The number of carbonyl (C=O) groups excluding carboxylic acids is 1. The van der Waals surface area contributed by atoms with Gasteiger partial charge in [-0.3, -0.25) is 9.69 Å². The minimum atomic E-state index is 0.172. The van der Waals surface area contributed by atoms with Gasteiger partial charge in [0.2, 0.25) is 5.91 Å². The maximum absolute atomic E-state index is 11.5. The molecule has 0 bridgehead atoms. The van der Waals surface area contributed by atoms with Crippen LogP contribution in [0.15, 0.2) is 0 Å². The summed E-state index contributed by atoms with van der Waals surface area (Å²) in [5.41, 5.74) is 0. The van der Waals surface area contributed by atoms with Crippen molar-refractivity contribution < 1.29 is 4.79 Å². The van der Waals surface area contributed by atoms with Crippen LogP contribution in [-0.4, -0.2) is 50.1 Å². The molecule has 14 heavy (non-hydrogen) atoms. The lowest BCUT2D eigenvalue weighted by molar-refractivity contribution is -0.122. The third-order valence-electron chi connectivity index (χ3n) is 3.06. The Bertz CT molecular complexity index is 211. The average Bonchev–Trinajstić information content (AvgIpc) is 2.79. The summed E-state index contributed by atoms with van der Waals surface area (Å²) in [6.45, 7) is 3.47. The number of nitrogens with one attached hydrogen (secondary N) is 2. The normalized spacial score (nSPS) is 22.1. The van der Waals surface area contributed by atoms with Crippen LogP contribution >= 0.6 is 0 Å². The van der Waals surface area contributed by atoms with Crippen molar-refractivity contribution in [1.29, 1.82) is 0 Å². The Morgan fingerprint density at radius 2 is 2.21 bits per heavy atom. The van der Waals surface area contributed by atoms with Crippen LogP contribution in [0, 0.1) is 5.92 Å². The number of amides is 1. The van der Waals surface area contributed by atoms with Gasteiger partial charge in [0.15, 0.2) is 0 Å². The van der Waals surface area contributed by atoms with E-state index in [1.807, 2.05) is 7.05 Å². The number of likely N-dealkylation sites (N-methyl/N-ethyl adjacent to an activating group) is 1. The van der Waals surface area contributed by atoms with Gasteiger partial charge >= 0.3 is 0 Å². The van der Waals surface area contributed by atoms with Gasteiger partial charge in [-0.2, -0.15) is 0 Å². The van der Waals surface area contributed by atoms with E-state index in [9.17, 15) is 4.79 Å². The molecule has 80 valence electrons. The van der Waals surface area contributed by atoms with Crippen molar-refractivity contribution in [2.45, 2.75) is 18.9 Å². The van der Waals surface area contributed by atoms with E-state index in [0.29, 0.717) is 12.6 Å². The molecule has 0 radical (unpaired) electrons. The molecule has 1 aliphatic carbocycles. The van der Waals surface area contributed by atoms with Crippen molar-refractivity contribution in [2.24, 2.45) is 5.92 Å². The zero-order valence-electron chi connectivity index (χ0n) is 8.75. The maximum atomic E-state index is 11.5. The van der Waals surface area contributed by atoms with Gasteiger partial charge in [0.1, 0.15) is 0 Å². The van der Waals surface area contributed by atoms with E-state index < -0.39 is 0 Å². The van der Waals surface area contributed by atoms with Crippen LogP contribution in [0.5, 0.6) is 0 Å². The summed E-state index contributed by atoms with van der Waals surface area (Å²) in [6, 6.07) is 0.557. The molecule has 4 nitrogen and oxygen atoms in total. The first kappa shape index (κ1) is 9.93. The zero-order valence-corrected chi connectivity index (χ0v) is 8.75. The van der Waals surface area contributed by atoms with Crippen molar-refractivity contribution in [1.82, 2.24) is 15.5 Å². The van der Waals surface area contributed by atoms with Gasteiger partial charge in [0.05, 0.1) is 6.54 Å². The Morgan fingerprint density at radius 1 is 1.50 bits per heavy atom. The van der Waals surface area contributed by atoms with E-state index in [2.05, 4.69) is 15.5 Å². The molecule has 0 unspecified atom stereocenters. The molecular formula is C10H19N3O. The highest BCUT2D eigenvalue weighted by Gasteiger charge is 2.24. The average molecular weight is 197 g/mol. The topological polar surface area (TPSA) is 44.4 Å². The molecule has 2 aliphatic rings. The SMILES string of the molecule is CN(CC(=O)NCC1CC1)C1CNC1. The number of hydrogen-bond donors (Lipinski definition) is 2. The molecule has 1 amide bonds. The van der Waals surface area contributed by atoms with Crippen molar-refractivity contribution in [2.75, 3.05) is 33.2 Å². The van der Waals surface area contributed by atoms with E-state index in [1.54, 1.807) is 0 Å². The van der Waals surface area contributed by atoms with Gasteiger partial charge < -0.3 is 10.6 Å². The van der Waals surface area contributed by atoms with Crippen molar-refractivity contribution in [3.8, 4) is 0 Å². The van der Waals surface area contributed by atoms with Gasteiger partial charge in [-0.1, -0.05) is 0 Å². The second-order valence-electron chi connectivity index (χ2n) is 4.47. The van der Waals surface area contributed by atoms with E-state index >= 15 is 0 Å². The van der Waals surface area contributed by atoms with Crippen LogP contribution < -0.4 is 10.6 Å². The van der Waals surface area contributed by atoms with Crippen LogP contribution in [0.4, 0.5) is 0 Å². The van der Waals surface area contributed by atoms with Gasteiger partial charge in [-0.05, 0) is 25.8 Å². The number of carbonyl (C=O) groups is 1. The highest BCUT2D eigenvalue weighted by atomic mass is 16.2. The Balaban J connectivity index is 1.59. The minimum absolute atomic E-state index is 0.172. The van der Waals surface area contributed by atoms with Gasteiger partial charge in [0, 0.05) is 25.7 Å². The highest BCUT2D eigenvalue weighted by Crippen LogP contribution is 2.27. The van der Waals surface area contributed by atoms with Crippen LogP contribution in [0.3, 0.4) is 0 Å². The Labute approximate surface area is 85.0 Å². The maximum Gasteiger partial charge on any atom is 0.234 e. The lowest BCUT2D eigenvalue weighted by atomic mass is 10.1. The molecule has 1 saturated carbocycles. The monoisotopic (exact) mass is 197 g/mol. The van der Waals surface area contributed by atoms with E-state index in [1.165, 1.54) is 12.8 Å². The Morgan fingerprint density at radius 3 is 2.71 bits per heavy atom. The molecular weight excluding hydrogens is 178 g/mol. The first-order chi connectivity index (χ1) is 6.75. The molecule has 2 rings (SSSR count). The molecule has 1 saturated heterocycles. The summed E-state index contributed by atoms with van der Waals surface area (Å²) in [5.74, 6) is 0.945. The van der Waals surface area contributed by atoms with Crippen LogP contribution in [0.2, 0.25) is 0 Å². The standard InChI is InChI=1S/C10H19N3O/c1-13(9-5-11-6-9)7-10(14)12-4-8-2-3-8/h8-9,11H,2-7H2,1H3,(H,12,14). The molecule has 0 spiro atoms. The third kappa shape index (κ3) is 2.69. The second-order valence-corrected chi connectivity index (χ2v) is 4.47. The summed E-state index contributed by atoms with van der Waals surface area (Å²) >= 11 is 0. The molecule has 2 fully saturated rings. The first-order valence-electron chi connectivity index (χ1n) is 5.43. The highest BCUT2D eigenvalue weighted by molar-refractivity contribution is 5.78. The molecule has 0 atom stereocenters. The first-order valence-corrected chi connectivity index (χ1v) is 5.43. The molecule has 0 aromatic heterocycles. The van der Waals surface area contributed by atoms with Gasteiger partial charge in [0.25, 0.3) is 0 Å². The molecule has 1 heterocycles.